The van der Waals surface area contributed by atoms with Crippen LogP contribution in [0.25, 0.3) is 0 Å². The second-order valence-corrected chi connectivity index (χ2v) is 5.87. The SMILES string of the molecule is Cc1sc(C2(C(=O)O)CCC2)cc1Br. The van der Waals surface area contributed by atoms with Gasteiger partial charge >= 0.3 is 5.97 Å². The lowest BCUT2D eigenvalue weighted by molar-refractivity contribution is -0.147. The molecule has 0 atom stereocenters. The lowest BCUT2D eigenvalue weighted by atomic mass is 9.68. The standard InChI is InChI=1S/C10H11BrO2S/c1-6-7(11)5-8(14-6)10(9(12)13)3-2-4-10/h5H,2-4H2,1H3,(H,12,13). The predicted molar refractivity (Wildman–Crippen MR) is 59.9 cm³/mol. The molecule has 0 aliphatic heterocycles. The van der Waals surface area contributed by atoms with Crippen molar-refractivity contribution in [2.24, 2.45) is 0 Å². The van der Waals surface area contributed by atoms with Crippen LogP contribution in [-0.4, -0.2) is 11.1 Å². The predicted octanol–water partition coefficient (Wildman–Crippen LogP) is 3.33. The highest BCUT2D eigenvalue weighted by Crippen LogP contribution is 2.47. The average molecular weight is 275 g/mol. The second-order valence-electron chi connectivity index (χ2n) is 3.76. The summed E-state index contributed by atoms with van der Waals surface area (Å²) >= 11 is 5.03. The minimum absolute atomic E-state index is 0.568. The Morgan fingerprint density at radius 1 is 1.64 bits per heavy atom. The molecule has 0 saturated heterocycles. The summed E-state index contributed by atoms with van der Waals surface area (Å²) in [6, 6.07) is 1.97. The molecular formula is C10H11BrO2S. The van der Waals surface area contributed by atoms with Crippen LogP contribution in [0.1, 0.15) is 29.0 Å². The highest BCUT2D eigenvalue weighted by atomic mass is 79.9. The van der Waals surface area contributed by atoms with E-state index < -0.39 is 11.4 Å². The summed E-state index contributed by atoms with van der Waals surface area (Å²) in [4.78, 5) is 13.4. The van der Waals surface area contributed by atoms with E-state index in [1.54, 1.807) is 11.3 Å². The summed E-state index contributed by atoms with van der Waals surface area (Å²) in [6.45, 7) is 2.01. The summed E-state index contributed by atoms with van der Waals surface area (Å²) in [5, 5.41) is 9.23. The number of carbonyl (C=O) groups is 1. The van der Waals surface area contributed by atoms with Gasteiger partial charge in [0.1, 0.15) is 5.41 Å². The van der Waals surface area contributed by atoms with Crippen molar-refractivity contribution in [2.45, 2.75) is 31.6 Å². The topological polar surface area (TPSA) is 37.3 Å². The van der Waals surface area contributed by atoms with Crippen LogP contribution >= 0.6 is 27.3 Å². The molecule has 2 rings (SSSR count). The molecule has 76 valence electrons. The number of carboxylic acid groups (broad SMARTS) is 1. The fourth-order valence-electron chi connectivity index (χ4n) is 1.79. The number of aryl methyl sites for hydroxylation is 1. The number of rotatable bonds is 2. The number of hydrogen-bond acceptors (Lipinski definition) is 2. The normalized spacial score (nSPS) is 19.0. The van der Waals surface area contributed by atoms with E-state index in [1.807, 2.05) is 13.0 Å². The zero-order valence-corrected chi connectivity index (χ0v) is 10.2. The van der Waals surface area contributed by atoms with Crippen LogP contribution in [0.15, 0.2) is 10.5 Å². The fraction of sp³-hybridized carbons (Fsp3) is 0.500. The van der Waals surface area contributed by atoms with Gasteiger partial charge in [-0.2, -0.15) is 0 Å². The molecule has 1 aliphatic rings. The van der Waals surface area contributed by atoms with E-state index in [9.17, 15) is 9.90 Å². The van der Waals surface area contributed by atoms with Crippen molar-refractivity contribution in [3.63, 3.8) is 0 Å². The highest BCUT2D eigenvalue weighted by molar-refractivity contribution is 9.10. The van der Waals surface area contributed by atoms with Gasteiger partial charge in [-0.3, -0.25) is 4.79 Å². The van der Waals surface area contributed by atoms with Crippen LogP contribution in [0.5, 0.6) is 0 Å². The van der Waals surface area contributed by atoms with Crippen LogP contribution in [0.3, 0.4) is 0 Å². The molecule has 0 bridgehead atoms. The first-order valence-electron chi connectivity index (χ1n) is 4.56. The third-order valence-corrected chi connectivity index (χ3v) is 5.29. The van der Waals surface area contributed by atoms with Crippen molar-refractivity contribution < 1.29 is 9.90 Å². The van der Waals surface area contributed by atoms with Crippen LogP contribution < -0.4 is 0 Å². The molecule has 1 N–H and O–H groups in total. The van der Waals surface area contributed by atoms with Gasteiger partial charge in [0.15, 0.2) is 0 Å². The lowest BCUT2D eigenvalue weighted by Crippen LogP contribution is -2.41. The maximum atomic E-state index is 11.2. The molecule has 1 aliphatic carbocycles. The van der Waals surface area contributed by atoms with Gasteiger partial charge in [0.25, 0.3) is 0 Å². The molecule has 2 nitrogen and oxygen atoms in total. The number of hydrogen-bond donors (Lipinski definition) is 1. The largest absolute Gasteiger partial charge is 0.481 e. The Morgan fingerprint density at radius 3 is 2.57 bits per heavy atom. The van der Waals surface area contributed by atoms with Gasteiger partial charge in [0.05, 0.1) is 0 Å². The molecule has 1 aromatic heterocycles. The summed E-state index contributed by atoms with van der Waals surface area (Å²) < 4.78 is 1.03. The van der Waals surface area contributed by atoms with E-state index in [4.69, 9.17) is 0 Å². The zero-order chi connectivity index (χ0) is 10.3. The molecule has 4 heteroatoms. The van der Waals surface area contributed by atoms with Crippen molar-refractivity contribution in [2.75, 3.05) is 0 Å². The van der Waals surface area contributed by atoms with Crippen LogP contribution in [0.2, 0.25) is 0 Å². The second kappa shape index (κ2) is 3.35. The van der Waals surface area contributed by atoms with Gasteiger partial charge in [-0.05, 0) is 41.8 Å². The minimum Gasteiger partial charge on any atom is -0.481 e. The van der Waals surface area contributed by atoms with Crippen molar-refractivity contribution in [3.05, 3.63) is 20.3 Å². The summed E-state index contributed by atoms with van der Waals surface area (Å²) in [5.74, 6) is -0.669. The third-order valence-electron chi connectivity index (χ3n) is 2.95. The van der Waals surface area contributed by atoms with Crippen molar-refractivity contribution in [1.29, 1.82) is 0 Å². The Bertz CT molecular complexity index is 360. The average Bonchev–Trinajstić information content (AvgIpc) is 2.28. The monoisotopic (exact) mass is 274 g/mol. The van der Waals surface area contributed by atoms with Gasteiger partial charge in [0.2, 0.25) is 0 Å². The summed E-state index contributed by atoms with van der Waals surface area (Å²) in [7, 11) is 0. The maximum Gasteiger partial charge on any atom is 0.314 e. The Hall–Kier alpha value is -0.350. The lowest BCUT2D eigenvalue weighted by Gasteiger charge is -2.36. The molecule has 14 heavy (non-hydrogen) atoms. The highest BCUT2D eigenvalue weighted by Gasteiger charge is 2.47. The van der Waals surface area contributed by atoms with Crippen molar-refractivity contribution >= 4 is 33.2 Å². The number of thiophene rings is 1. The molecular weight excluding hydrogens is 264 g/mol. The Kier molecular flexibility index (Phi) is 2.43. The first-order chi connectivity index (χ1) is 6.56. The third kappa shape index (κ3) is 1.32. The Balaban J connectivity index is 2.41. The van der Waals surface area contributed by atoms with E-state index in [0.29, 0.717) is 0 Å². The molecule has 1 saturated carbocycles. The van der Waals surface area contributed by atoms with Gasteiger partial charge in [-0.25, -0.2) is 0 Å². The molecule has 0 radical (unpaired) electrons. The first-order valence-corrected chi connectivity index (χ1v) is 6.17. The van der Waals surface area contributed by atoms with E-state index >= 15 is 0 Å². The fourth-order valence-corrected chi connectivity index (χ4v) is 3.56. The van der Waals surface area contributed by atoms with Gasteiger partial charge < -0.3 is 5.11 Å². The molecule has 0 spiro atoms. The van der Waals surface area contributed by atoms with E-state index in [2.05, 4.69) is 15.9 Å². The van der Waals surface area contributed by atoms with Gasteiger partial charge in [-0.1, -0.05) is 6.42 Å². The first kappa shape index (κ1) is 10.2. The van der Waals surface area contributed by atoms with Crippen molar-refractivity contribution in [3.8, 4) is 0 Å². The van der Waals surface area contributed by atoms with Gasteiger partial charge in [-0.15, -0.1) is 11.3 Å². The molecule has 0 amide bonds. The molecule has 0 aromatic carbocycles. The van der Waals surface area contributed by atoms with E-state index in [0.717, 1.165) is 33.5 Å². The molecule has 1 fully saturated rings. The van der Waals surface area contributed by atoms with E-state index in [1.165, 1.54) is 0 Å². The van der Waals surface area contributed by atoms with Crippen LogP contribution in [0.4, 0.5) is 0 Å². The van der Waals surface area contributed by atoms with Crippen LogP contribution in [0, 0.1) is 6.92 Å². The smallest absolute Gasteiger partial charge is 0.314 e. The Morgan fingerprint density at radius 2 is 2.29 bits per heavy atom. The number of aliphatic carboxylic acids is 1. The Labute approximate surface area is 95.1 Å². The zero-order valence-electron chi connectivity index (χ0n) is 7.84. The quantitative estimate of drug-likeness (QED) is 0.898. The molecule has 1 aromatic rings. The van der Waals surface area contributed by atoms with E-state index in [-0.39, 0.29) is 0 Å². The molecule has 0 unspecified atom stereocenters. The maximum absolute atomic E-state index is 11.2. The van der Waals surface area contributed by atoms with Crippen molar-refractivity contribution in [1.82, 2.24) is 0 Å². The summed E-state index contributed by atoms with van der Waals surface area (Å²) in [5.41, 5.74) is -0.568. The van der Waals surface area contributed by atoms with Gasteiger partial charge in [0, 0.05) is 14.2 Å². The van der Waals surface area contributed by atoms with Crippen LogP contribution in [-0.2, 0) is 10.2 Å². The molecule has 1 heterocycles. The minimum atomic E-state index is -0.669. The number of carboxylic acids is 1. The summed E-state index contributed by atoms with van der Waals surface area (Å²) in [6.07, 6.45) is 2.60. The number of halogens is 1.